The lowest BCUT2D eigenvalue weighted by Crippen LogP contribution is -2.42. The van der Waals surface area contributed by atoms with E-state index in [9.17, 15) is 14.4 Å². The molecule has 2 aromatic carbocycles. The second-order valence-corrected chi connectivity index (χ2v) is 11.5. The summed E-state index contributed by atoms with van der Waals surface area (Å²) in [7, 11) is 0. The predicted octanol–water partition coefficient (Wildman–Crippen LogP) is 5.26. The van der Waals surface area contributed by atoms with Crippen molar-refractivity contribution >= 4 is 63.2 Å². The van der Waals surface area contributed by atoms with Crippen LogP contribution in [0.5, 0.6) is 0 Å². The molecule has 5 rings (SSSR count). The highest BCUT2D eigenvalue weighted by atomic mass is 32.2. The molecule has 1 aromatic heterocycles. The van der Waals surface area contributed by atoms with Gasteiger partial charge in [0.15, 0.2) is 5.17 Å². The third kappa shape index (κ3) is 6.12. The first-order chi connectivity index (χ1) is 18.9. The van der Waals surface area contributed by atoms with Crippen LogP contribution in [0.3, 0.4) is 0 Å². The normalized spacial score (nSPS) is 16.6. The number of thioether (sulfide) groups is 1. The lowest BCUT2D eigenvalue weighted by Gasteiger charge is -2.27. The number of hydrogen-bond donors (Lipinski definition) is 2. The van der Waals surface area contributed by atoms with E-state index in [1.807, 2.05) is 79.9 Å². The van der Waals surface area contributed by atoms with E-state index in [4.69, 9.17) is 9.98 Å². The van der Waals surface area contributed by atoms with Gasteiger partial charge in [-0.25, -0.2) is 9.89 Å². The SMILES string of the molecule is CC[C@@H](SC1=Nc2ccccc2C2=N[C@@H](CCC(=O)NCc3cccs3)C(=O)N12)C(=O)Nc1cccc(C)c1. The first kappa shape index (κ1) is 26.8. The van der Waals surface area contributed by atoms with E-state index in [1.54, 1.807) is 11.3 Å². The minimum absolute atomic E-state index is 0.121. The summed E-state index contributed by atoms with van der Waals surface area (Å²) in [6.07, 6.45) is 1.02. The quantitative estimate of drug-likeness (QED) is 0.373. The smallest absolute Gasteiger partial charge is 0.259 e. The number of nitrogens with one attached hydrogen (secondary N) is 2. The average Bonchev–Trinajstić information content (AvgIpc) is 3.57. The number of benzene rings is 2. The summed E-state index contributed by atoms with van der Waals surface area (Å²) < 4.78 is 0. The maximum atomic E-state index is 13.6. The molecular formula is C29H29N5O3S2. The van der Waals surface area contributed by atoms with E-state index < -0.39 is 11.3 Å². The number of fused-ring (bicyclic) bond motifs is 3. The minimum atomic E-state index is -0.689. The van der Waals surface area contributed by atoms with Gasteiger partial charge in [0.05, 0.1) is 17.5 Å². The molecule has 2 aliphatic rings. The highest BCUT2D eigenvalue weighted by molar-refractivity contribution is 8.15. The first-order valence-electron chi connectivity index (χ1n) is 12.9. The van der Waals surface area contributed by atoms with Crippen LogP contribution in [0.2, 0.25) is 0 Å². The van der Waals surface area contributed by atoms with E-state index in [0.29, 0.717) is 36.1 Å². The molecule has 2 atom stereocenters. The lowest BCUT2D eigenvalue weighted by atomic mass is 10.1. The number of para-hydroxylation sites is 1. The van der Waals surface area contributed by atoms with Crippen molar-refractivity contribution < 1.29 is 14.4 Å². The summed E-state index contributed by atoms with van der Waals surface area (Å²) in [4.78, 5) is 51.3. The van der Waals surface area contributed by atoms with Crippen LogP contribution in [-0.4, -0.2) is 44.9 Å². The van der Waals surface area contributed by atoms with Crippen LogP contribution in [0.25, 0.3) is 0 Å². The van der Waals surface area contributed by atoms with Gasteiger partial charge in [-0.2, -0.15) is 0 Å². The zero-order valence-electron chi connectivity index (χ0n) is 21.7. The predicted molar refractivity (Wildman–Crippen MR) is 158 cm³/mol. The molecule has 0 bridgehead atoms. The monoisotopic (exact) mass is 559 g/mol. The molecule has 3 heterocycles. The Morgan fingerprint density at radius 1 is 1.13 bits per heavy atom. The van der Waals surface area contributed by atoms with Crippen LogP contribution < -0.4 is 10.6 Å². The Kier molecular flexibility index (Phi) is 8.23. The summed E-state index contributed by atoms with van der Waals surface area (Å²) >= 11 is 2.84. The Hall–Kier alpha value is -3.76. The molecule has 2 N–H and O–H groups in total. The van der Waals surface area contributed by atoms with Crippen molar-refractivity contribution in [3.63, 3.8) is 0 Å². The van der Waals surface area contributed by atoms with Gasteiger partial charge in [0.1, 0.15) is 11.9 Å². The van der Waals surface area contributed by atoms with Crippen molar-refractivity contribution in [3.05, 3.63) is 82.0 Å². The van der Waals surface area contributed by atoms with Crippen molar-refractivity contribution in [1.29, 1.82) is 0 Å². The zero-order valence-corrected chi connectivity index (χ0v) is 23.3. The Morgan fingerprint density at radius 2 is 1.97 bits per heavy atom. The van der Waals surface area contributed by atoms with Gasteiger partial charge in [0, 0.05) is 22.5 Å². The molecule has 0 spiro atoms. The van der Waals surface area contributed by atoms with Crippen LogP contribution in [-0.2, 0) is 20.9 Å². The van der Waals surface area contributed by atoms with Crippen molar-refractivity contribution in [3.8, 4) is 0 Å². The highest BCUT2D eigenvalue weighted by Gasteiger charge is 2.42. The number of hydrogen-bond acceptors (Lipinski definition) is 7. The first-order valence-corrected chi connectivity index (χ1v) is 14.6. The Balaban J connectivity index is 1.31. The van der Waals surface area contributed by atoms with E-state index in [-0.39, 0.29) is 24.1 Å². The third-order valence-corrected chi connectivity index (χ3v) is 8.62. The molecule has 0 radical (unpaired) electrons. The van der Waals surface area contributed by atoms with E-state index in [0.717, 1.165) is 21.7 Å². The van der Waals surface area contributed by atoms with Gasteiger partial charge in [-0.15, -0.1) is 11.3 Å². The van der Waals surface area contributed by atoms with Gasteiger partial charge >= 0.3 is 0 Å². The van der Waals surface area contributed by atoms with Crippen molar-refractivity contribution in [1.82, 2.24) is 10.2 Å². The summed E-state index contributed by atoms with van der Waals surface area (Å²) in [6, 6.07) is 18.4. The molecule has 0 fully saturated rings. The number of amidine groups is 2. The minimum Gasteiger partial charge on any atom is -0.351 e. The van der Waals surface area contributed by atoms with Gasteiger partial charge in [0.25, 0.3) is 5.91 Å². The van der Waals surface area contributed by atoms with Crippen LogP contribution in [0, 0.1) is 6.92 Å². The molecule has 10 heteroatoms. The Morgan fingerprint density at radius 3 is 2.74 bits per heavy atom. The Bertz CT molecular complexity index is 1450. The number of rotatable bonds is 9. The molecule has 0 unspecified atom stereocenters. The molecule has 3 amide bonds. The van der Waals surface area contributed by atoms with Gasteiger partial charge in [0.2, 0.25) is 11.8 Å². The zero-order chi connectivity index (χ0) is 27.4. The summed E-state index contributed by atoms with van der Waals surface area (Å²) in [5.41, 5.74) is 3.24. The molecule has 3 aromatic rings. The van der Waals surface area contributed by atoms with Crippen LogP contribution >= 0.6 is 23.1 Å². The number of carbonyl (C=O) groups is 3. The number of aliphatic imine (C=N–C) groups is 2. The van der Waals surface area contributed by atoms with Gasteiger partial charge < -0.3 is 10.6 Å². The largest absolute Gasteiger partial charge is 0.351 e. The molecule has 39 heavy (non-hydrogen) atoms. The van der Waals surface area contributed by atoms with Crippen LogP contribution in [0.4, 0.5) is 11.4 Å². The number of amides is 3. The number of carbonyl (C=O) groups excluding carboxylic acids is 3. The van der Waals surface area contributed by atoms with E-state index in [2.05, 4.69) is 10.6 Å². The lowest BCUT2D eigenvalue weighted by molar-refractivity contribution is -0.125. The number of aryl methyl sites for hydroxylation is 1. The van der Waals surface area contributed by atoms with Gasteiger partial charge in [-0.3, -0.25) is 19.4 Å². The maximum absolute atomic E-state index is 13.6. The summed E-state index contributed by atoms with van der Waals surface area (Å²) in [5, 5.41) is 7.82. The molecule has 0 saturated carbocycles. The second kappa shape index (κ2) is 12.0. The second-order valence-electron chi connectivity index (χ2n) is 9.32. The fourth-order valence-corrected chi connectivity index (χ4v) is 6.08. The maximum Gasteiger partial charge on any atom is 0.259 e. The van der Waals surface area contributed by atoms with Crippen LogP contribution in [0.15, 0.2) is 76.0 Å². The molecule has 200 valence electrons. The van der Waals surface area contributed by atoms with Crippen molar-refractivity contribution in [2.75, 3.05) is 5.32 Å². The topological polar surface area (TPSA) is 103 Å². The summed E-state index contributed by atoms with van der Waals surface area (Å²) in [5.74, 6) is 0.0133. The molecule has 8 nitrogen and oxygen atoms in total. The fourth-order valence-electron chi connectivity index (χ4n) is 4.42. The molecular weight excluding hydrogens is 530 g/mol. The summed E-state index contributed by atoms with van der Waals surface area (Å²) in [6.45, 7) is 4.38. The number of anilines is 1. The van der Waals surface area contributed by atoms with E-state index >= 15 is 0 Å². The molecule has 2 aliphatic heterocycles. The molecule has 0 saturated heterocycles. The standard InChI is InChI=1S/C29H29N5O3S2/c1-3-24(27(36)31-19-9-6-8-18(2)16-19)39-29-33-22-12-5-4-11-21(22)26-32-23(28(37)34(26)29)13-14-25(35)30-17-20-10-7-15-38-20/h4-12,15-16,23-24H,3,13-14,17H2,1-2H3,(H,30,35)(H,31,36)/t23-,24+/m0/s1. The van der Waals surface area contributed by atoms with Crippen LogP contribution in [0.1, 0.15) is 42.2 Å². The van der Waals surface area contributed by atoms with Crippen molar-refractivity contribution in [2.45, 2.75) is 50.9 Å². The third-order valence-electron chi connectivity index (χ3n) is 6.43. The van der Waals surface area contributed by atoms with Gasteiger partial charge in [-0.1, -0.05) is 49.0 Å². The van der Waals surface area contributed by atoms with Gasteiger partial charge in [-0.05, 0) is 61.0 Å². The fraction of sp³-hybridized carbons (Fsp3) is 0.276. The average molecular weight is 560 g/mol. The van der Waals surface area contributed by atoms with Crippen molar-refractivity contribution in [2.24, 2.45) is 9.98 Å². The molecule has 0 aliphatic carbocycles. The number of nitrogens with zero attached hydrogens (tertiary/aromatic N) is 3. The highest BCUT2D eigenvalue weighted by Crippen LogP contribution is 2.36. The Labute approximate surface area is 235 Å². The number of thiophene rings is 1. The van der Waals surface area contributed by atoms with E-state index in [1.165, 1.54) is 16.7 Å².